The molecule has 0 unspecified atom stereocenters. The van der Waals surface area contributed by atoms with E-state index in [1.54, 1.807) is 18.2 Å². The van der Waals surface area contributed by atoms with Crippen LogP contribution in [0.2, 0.25) is 4.34 Å². The van der Waals surface area contributed by atoms with Crippen LogP contribution in [0.25, 0.3) is 12.2 Å². The van der Waals surface area contributed by atoms with Gasteiger partial charge in [0.05, 0.1) is 4.34 Å². The van der Waals surface area contributed by atoms with Gasteiger partial charge in [-0.15, -0.1) is 11.3 Å². The van der Waals surface area contributed by atoms with Crippen LogP contribution in [0.15, 0.2) is 36.4 Å². The highest BCUT2D eigenvalue weighted by Gasteiger charge is 1.96. The van der Waals surface area contributed by atoms with Crippen LogP contribution >= 0.6 is 22.9 Å². The summed E-state index contributed by atoms with van der Waals surface area (Å²) in [6.07, 6.45) is 3.60. The summed E-state index contributed by atoms with van der Waals surface area (Å²) in [5, 5.41) is 0. The maximum absolute atomic E-state index is 13.2. The highest BCUT2D eigenvalue weighted by Crippen LogP contribution is 2.23. The maximum atomic E-state index is 13.2. The van der Waals surface area contributed by atoms with Crippen molar-refractivity contribution >= 4 is 35.1 Å². The van der Waals surface area contributed by atoms with Crippen molar-refractivity contribution in [2.45, 2.75) is 0 Å². The highest BCUT2D eigenvalue weighted by atomic mass is 35.5. The van der Waals surface area contributed by atoms with Gasteiger partial charge in [0.1, 0.15) is 5.82 Å². The molecule has 0 saturated heterocycles. The van der Waals surface area contributed by atoms with Crippen LogP contribution < -0.4 is 0 Å². The average Bonchev–Trinajstić information content (AvgIpc) is 2.63. The molecule has 0 aliphatic rings. The summed E-state index contributed by atoms with van der Waals surface area (Å²) in [4.78, 5) is 1.02. The molecule has 1 aromatic carbocycles. The van der Waals surface area contributed by atoms with E-state index >= 15 is 0 Å². The second kappa shape index (κ2) is 4.60. The summed E-state index contributed by atoms with van der Waals surface area (Å²) in [6.45, 7) is 0. The van der Waals surface area contributed by atoms with Crippen molar-refractivity contribution < 1.29 is 4.39 Å². The molecule has 0 bridgehead atoms. The summed E-state index contributed by atoms with van der Waals surface area (Å²) >= 11 is 7.25. The Morgan fingerprint density at radius 3 is 2.53 bits per heavy atom. The number of rotatable bonds is 2. The van der Waals surface area contributed by atoms with Crippen LogP contribution in [0.5, 0.6) is 0 Å². The van der Waals surface area contributed by atoms with Gasteiger partial charge in [-0.25, -0.2) is 4.39 Å². The fourth-order valence-electron chi connectivity index (χ4n) is 1.20. The zero-order valence-corrected chi connectivity index (χ0v) is 9.36. The second-order valence-electron chi connectivity index (χ2n) is 3.00. The molecule has 15 heavy (non-hydrogen) atoms. The van der Waals surface area contributed by atoms with Gasteiger partial charge in [-0.3, -0.25) is 0 Å². The van der Waals surface area contributed by atoms with Gasteiger partial charge in [0.2, 0.25) is 0 Å². The molecule has 0 fully saturated rings. The van der Waals surface area contributed by atoms with Crippen molar-refractivity contribution in [3.05, 3.63) is 57.0 Å². The SMILES string of the molecule is Fc1ccccc1/C=C/c1ccc(Cl)s1. The van der Waals surface area contributed by atoms with Crippen LogP contribution in [-0.4, -0.2) is 0 Å². The van der Waals surface area contributed by atoms with E-state index in [0.717, 1.165) is 9.21 Å². The molecule has 2 rings (SSSR count). The summed E-state index contributed by atoms with van der Waals surface area (Å²) in [6, 6.07) is 10.4. The third kappa shape index (κ3) is 2.67. The standard InChI is InChI=1S/C12H8ClFS/c13-12-8-7-10(15-12)6-5-9-3-1-2-4-11(9)14/h1-8H/b6-5+. The van der Waals surface area contributed by atoms with Crippen molar-refractivity contribution in [3.63, 3.8) is 0 Å². The lowest BCUT2D eigenvalue weighted by Crippen LogP contribution is -1.78. The van der Waals surface area contributed by atoms with Crippen LogP contribution in [0, 0.1) is 5.82 Å². The molecule has 0 saturated carbocycles. The molecule has 0 spiro atoms. The predicted octanol–water partition coefficient (Wildman–Crippen LogP) is 4.71. The first-order valence-electron chi connectivity index (χ1n) is 4.43. The minimum Gasteiger partial charge on any atom is -0.206 e. The minimum atomic E-state index is -0.212. The molecule has 1 heterocycles. The number of hydrogen-bond acceptors (Lipinski definition) is 1. The number of hydrogen-bond donors (Lipinski definition) is 0. The van der Waals surface area contributed by atoms with E-state index in [1.165, 1.54) is 17.4 Å². The molecule has 0 nitrogen and oxygen atoms in total. The molecule has 2 aromatic rings. The Kier molecular flexibility index (Phi) is 3.19. The predicted molar refractivity (Wildman–Crippen MR) is 64.7 cm³/mol. The molecule has 1 aromatic heterocycles. The van der Waals surface area contributed by atoms with Gasteiger partial charge in [0.15, 0.2) is 0 Å². The average molecular weight is 239 g/mol. The lowest BCUT2D eigenvalue weighted by Gasteiger charge is -1.93. The molecule has 0 radical (unpaired) electrons. The number of halogens is 2. The lowest BCUT2D eigenvalue weighted by atomic mass is 10.2. The molecular weight excluding hydrogens is 231 g/mol. The van der Waals surface area contributed by atoms with Crippen LogP contribution in [0.4, 0.5) is 4.39 Å². The molecule has 0 aliphatic carbocycles. The van der Waals surface area contributed by atoms with Crippen LogP contribution in [0.3, 0.4) is 0 Å². The lowest BCUT2D eigenvalue weighted by molar-refractivity contribution is 0.625. The normalized spacial score (nSPS) is 11.1. The van der Waals surface area contributed by atoms with Gasteiger partial charge in [-0.1, -0.05) is 35.9 Å². The van der Waals surface area contributed by atoms with Gasteiger partial charge in [-0.05, 0) is 24.3 Å². The topological polar surface area (TPSA) is 0 Å². The van der Waals surface area contributed by atoms with E-state index in [0.29, 0.717) is 5.56 Å². The fourth-order valence-corrected chi connectivity index (χ4v) is 2.16. The van der Waals surface area contributed by atoms with Crippen molar-refractivity contribution in [1.82, 2.24) is 0 Å². The Morgan fingerprint density at radius 2 is 1.87 bits per heavy atom. The van der Waals surface area contributed by atoms with Gasteiger partial charge in [0.25, 0.3) is 0 Å². The maximum Gasteiger partial charge on any atom is 0.130 e. The Morgan fingerprint density at radius 1 is 1.07 bits per heavy atom. The monoisotopic (exact) mass is 238 g/mol. The first kappa shape index (κ1) is 10.4. The van der Waals surface area contributed by atoms with Crippen molar-refractivity contribution in [3.8, 4) is 0 Å². The van der Waals surface area contributed by atoms with Crippen molar-refractivity contribution in [2.24, 2.45) is 0 Å². The Labute approximate surface area is 96.6 Å². The Hall–Kier alpha value is -1.12. The molecular formula is C12H8ClFS. The summed E-state index contributed by atoms with van der Waals surface area (Å²) in [5.41, 5.74) is 0.585. The first-order valence-corrected chi connectivity index (χ1v) is 5.63. The largest absolute Gasteiger partial charge is 0.206 e. The van der Waals surface area contributed by atoms with Gasteiger partial charge < -0.3 is 0 Å². The van der Waals surface area contributed by atoms with E-state index in [4.69, 9.17) is 11.6 Å². The molecule has 0 aliphatic heterocycles. The van der Waals surface area contributed by atoms with Gasteiger partial charge in [0, 0.05) is 10.4 Å². The Bertz CT molecular complexity index is 488. The van der Waals surface area contributed by atoms with Crippen LogP contribution in [-0.2, 0) is 0 Å². The van der Waals surface area contributed by atoms with Crippen molar-refractivity contribution in [1.29, 1.82) is 0 Å². The molecule has 0 N–H and O–H groups in total. The fraction of sp³-hybridized carbons (Fsp3) is 0. The Balaban J connectivity index is 2.22. The van der Waals surface area contributed by atoms with Crippen LogP contribution in [0.1, 0.15) is 10.4 Å². The van der Waals surface area contributed by atoms with E-state index in [9.17, 15) is 4.39 Å². The molecule has 3 heteroatoms. The summed E-state index contributed by atoms with van der Waals surface area (Å²) in [5.74, 6) is -0.212. The van der Waals surface area contributed by atoms with Gasteiger partial charge in [-0.2, -0.15) is 0 Å². The zero-order valence-electron chi connectivity index (χ0n) is 7.78. The zero-order chi connectivity index (χ0) is 10.7. The van der Waals surface area contributed by atoms with Crippen molar-refractivity contribution in [2.75, 3.05) is 0 Å². The van der Waals surface area contributed by atoms with E-state index in [2.05, 4.69) is 0 Å². The molecule has 76 valence electrons. The molecule has 0 atom stereocenters. The van der Waals surface area contributed by atoms with E-state index in [-0.39, 0.29) is 5.82 Å². The number of benzene rings is 1. The minimum absolute atomic E-state index is 0.212. The van der Waals surface area contributed by atoms with E-state index < -0.39 is 0 Å². The third-order valence-corrected chi connectivity index (χ3v) is 3.12. The smallest absolute Gasteiger partial charge is 0.130 e. The first-order chi connectivity index (χ1) is 7.25. The quantitative estimate of drug-likeness (QED) is 0.711. The molecule has 0 amide bonds. The third-order valence-electron chi connectivity index (χ3n) is 1.93. The van der Waals surface area contributed by atoms with E-state index in [1.807, 2.05) is 24.3 Å². The second-order valence-corrected chi connectivity index (χ2v) is 4.74. The number of thiophene rings is 1. The summed E-state index contributed by atoms with van der Waals surface area (Å²) < 4.78 is 14.0. The summed E-state index contributed by atoms with van der Waals surface area (Å²) in [7, 11) is 0. The highest BCUT2D eigenvalue weighted by molar-refractivity contribution is 7.17. The van der Waals surface area contributed by atoms with Gasteiger partial charge >= 0.3 is 0 Å².